The molecule has 1 aromatic carbocycles. The Morgan fingerprint density at radius 1 is 1.37 bits per heavy atom. The smallest absolute Gasteiger partial charge is 0.328 e. The molecule has 0 aliphatic rings. The van der Waals surface area contributed by atoms with E-state index in [0.717, 1.165) is 11.1 Å². The van der Waals surface area contributed by atoms with Gasteiger partial charge in [-0.15, -0.1) is 0 Å². The molecule has 0 heterocycles. The zero-order valence-electron chi connectivity index (χ0n) is 11.0. The molecule has 0 saturated carbocycles. The highest BCUT2D eigenvalue weighted by Gasteiger charge is 2.19. The van der Waals surface area contributed by atoms with Crippen LogP contribution in [0.2, 0.25) is 0 Å². The summed E-state index contributed by atoms with van der Waals surface area (Å²) in [7, 11) is 1.38. The van der Waals surface area contributed by atoms with Gasteiger partial charge >= 0.3 is 12.0 Å². The van der Waals surface area contributed by atoms with Crippen LogP contribution in [0.15, 0.2) is 24.3 Å². The minimum Gasteiger partial charge on any atom is -0.480 e. The van der Waals surface area contributed by atoms with E-state index in [9.17, 15) is 9.59 Å². The van der Waals surface area contributed by atoms with Crippen LogP contribution in [0.1, 0.15) is 11.1 Å². The van der Waals surface area contributed by atoms with E-state index in [1.807, 2.05) is 31.2 Å². The van der Waals surface area contributed by atoms with Crippen molar-refractivity contribution in [3.05, 3.63) is 35.4 Å². The van der Waals surface area contributed by atoms with E-state index in [4.69, 9.17) is 9.84 Å². The molecule has 19 heavy (non-hydrogen) atoms. The minimum absolute atomic E-state index is 0.0763. The normalized spacial score (nSPS) is 11.7. The van der Waals surface area contributed by atoms with E-state index in [-0.39, 0.29) is 6.61 Å². The maximum absolute atomic E-state index is 11.6. The maximum atomic E-state index is 11.6. The number of urea groups is 1. The second kappa shape index (κ2) is 7.38. The fraction of sp³-hybridized carbons (Fsp3) is 0.385. The topological polar surface area (TPSA) is 87.7 Å². The van der Waals surface area contributed by atoms with Gasteiger partial charge < -0.3 is 20.5 Å². The molecule has 0 spiro atoms. The van der Waals surface area contributed by atoms with Crippen LogP contribution >= 0.6 is 0 Å². The first-order valence-electron chi connectivity index (χ1n) is 5.85. The van der Waals surface area contributed by atoms with Gasteiger partial charge in [-0.2, -0.15) is 0 Å². The van der Waals surface area contributed by atoms with Crippen LogP contribution in [-0.2, 0) is 16.1 Å². The molecular formula is C13H18N2O4. The lowest BCUT2D eigenvalue weighted by molar-refractivity contribution is -0.140. The Kier molecular flexibility index (Phi) is 5.81. The molecule has 0 aliphatic carbocycles. The third-order valence-electron chi connectivity index (χ3n) is 2.64. The Balaban J connectivity index is 2.47. The van der Waals surface area contributed by atoms with Crippen molar-refractivity contribution in [1.29, 1.82) is 0 Å². The molecule has 2 amide bonds. The largest absolute Gasteiger partial charge is 0.480 e. The van der Waals surface area contributed by atoms with Gasteiger partial charge in [0.1, 0.15) is 0 Å². The SMILES string of the molecule is COCC(NC(=O)NCc1ccccc1C)C(=O)O. The van der Waals surface area contributed by atoms with E-state index in [0.29, 0.717) is 6.54 Å². The number of aryl methyl sites for hydroxylation is 1. The lowest BCUT2D eigenvalue weighted by Crippen LogP contribution is -2.48. The number of benzene rings is 1. The molecule has 0 saturated heterocycles. The van der Waals surface area contributed by atoms with Crippen LogP contribution in [0.3, 0.4) is 0 Å². The summed E-state index contributed by atoms with van der Waals surface area (Å²) in [6.07, 6.45) is 0. The van der Waals surface area contributed by atoms with Crippen LogP contribution in [0, 0.1) is 6.92 Å². The van der Waals surface area contributed by atoms with E-state index in [1.54, 1.807) is 0 Å². The molecule has 0 bridgehead atoms. The summed E-state index contributed by atoms with van der Waals surface area (Å²) in [5, 5.41) is 13.8. The van der Waals surface area contributed by atoms with E-state index in [1.165, 1.54) is 7.11 Å². The van der Waals surface area contributed by atoms with Crippen molar-refractivity contribution in [3.63, 3.8) is 0 Å². The number of amides is 2. The lowest BCUT2D eigenvalue weighted by atomic mass is 10.1. The molecule has 1 unspecified atom stereocenters. The van der Waals surface area contributed by atoms with Crippen molar-refractivity contribution in [2.24, 2.45) is 0 Å². The first-order chi connectivity index (χ1) is 9.04. The quantitative estimate of drug-likeness (QED) is 0.713. The number of hydrogen-bond donors (Lipinski definition) is 3. The van der Waals surface area contributed by atoms with Gasteiger partial charge in [-0.3, -0.25) is 0 Å². The van der Waals surface area contributed by atoms with Gasteiger partial charge in [0.15, 0.2) is 6.04 Å². The first-order valence-corrected chi connectivity index (χ1v) is 5.85. The highest BCUT2D eigenvalue weighted by molar-refractivity contribution is 5.82. The van der Waals surface area contributed by atoms with Gasteiger partial charge in [0.05, 0.1) is 6.61 Å². The Hall–Kier alpha value is -2.08. The molecule has 0 fully saturated rings. The molecule has 0 aliphatic heterocycles. The monoisotopic (exact) mass is 266 g/mol. The average molecular weight is 266 g/mol. The van der Waals surface area contributed by atoms with E-state index in [2.05, 4.69) is 10.6 Å². The van der Waals surface area contributed by atoms with Crippen molar-refractivity contribution in [1.82, 2.24) is 10.6 Å². The number of carbonyl (C=O) groups excluding carboxylic acids is 1. The number of hydrogen-bond acceptors (Lipinski definition) is 3. The molecule has 6 nitrogen and oxygen atoms in total. The molecule has 1 aromatic rings. The first kappa shape index (κ1) is 15.0. The number of carboxylic acids is 1. The Morgan fingerprint density at radius 3 is 2.63 bits per heavy atom. The summed E-state index contributed by atoms with van der Waals surface area (Å²) in [5.74, 6) is -1.13. The second-order valence-corrected chi connectivity index (χ2v) is 4.10. The van der Waals surface area contributed by atoms with Gasteiger partial charge in [0.25, 0.3) is 0 Å². The van der Waals surface area contributed by atoms with Crippen molar-refractivity contribution >= 4 is 12.0 Å². The minimum atomic E-state index is -1.13. The average Bonchev–Trinajstić information content (AvgIpc) is 2.37. The number of aliphatic carboxylic acids is 1. The third kappa shape index (κ3) is 4.97. The summed E-state index contributed by atoms with van der Waals surface area (Å²) in [5.41, 5.74) is 2.05. The van der Waals surface area contributed by atoms with Crippen LogP contribution < -0.4 is 10.6 Å². The highest BCUT2D eigenvalue weighted by Crippen LogP contribution is 2.05. The number of ether oxygens (including phenoxy) is 1. The van der Waals surface area contributed by atoms with Crippen LogP contribution in [0.4, 0.5) is 4.79 Å². The molecule has 6 heteroatoms. The fourth-order valence-electron chi connectivity index (χ4n) is 1.53. The summed E-state index contributed by atoms with van der Waals surface area (Å²) < 4.78 is 4.72. The van der Waals surface area contributed by atoms with Crippen LogP contribution in [0.5, 0.6) is 0 Å². The predicted molar refractivity (Wildman–Crippen MR) is 69.9 cm³/mol. The molecule has 0 aromatic heterocycles. The zero-order valence-corrected chi connectivity index (χ0v) is 11.0. The maximum Gasteiger partial charge on any atom is 0.328 e. The standard InChI is InChI=1S/C13H18N2O4/c1-9-5-3-4-6-10(9)7-14-13(18)15-11(8-19-2)12(16)17/h3-6,11H,7-8H2,1-2H3,(H,16,17)(H2,14,15,18). The number of rotatable bonds is 6. The Morgan fingerprint density at radius 2 is 2.05 bits per heavy atom. The van der Waals surface area contributed by atoms with Crippen molar-refractivity contribution in [2.45, 2.75) is 19.5 Å². The summed E-state index contributed by atoms with van der Waals surface area (Å²) in [6, 6.07) is 6.05. The number of nitrogens with one attached hydrogen (secondary N) is 2. The predicted octanol–water partition coefficient (Wildman–Crippen LogP) is 0.894. The van der Waals surface area contributed by atoms with Crippen molar-refractivity contribution < 1.29 is 19.4 Å². The van der Waals surface area contributed by atoms with Gasteiger partial charge in [-0.05, 0) is 18.1 Å². The summed E-state index contributed by atoms with van der Waals surface area (Å²) in [4.78, 5) is 22.4. The van der Waals surface area contributed by atoms with E-state index >= 15 is 0 Å². The third-order valence-corrected chi connectivity index (χ3v) is 2.64. The number of carboxylic acid groups (broad SMARTS) is 1. The molecule has 0 radical (unpaired) electrons. The van der Waals surface area contributed by atoms with Crippen molar-refractivity contribution in [2.75, 3.05) is 13.7 Å². The Labute approximate surface area is 111 Å². The van der Waals surface area contributed by atoms with Crippen molar-refractivity contribution in [3.8, 4) is 0 Å². The number of carbonyl (C=O) groups is 2. The second-order valence-electron chi connectivity index (χ2n) is 4.10. The fourth-order valence-corrected chi connectivity index (χ4v) is 1.53. The molecular weight excluding hydrogens is 248 g/mol. The molecule has 3 N–H and O–H groups in total. The zero-order chi connectivity index (χ0) is 14.3. The molecule has 1 rings (SSSR count). The summed E-state index contributed by atoms with van der Waals surface area (Å²) >= 11 is 0. The number of methoxy groups -OCH3 is 1. The summed E-state index contributed by atoms with van der Waals surface area (Å²) in [6.45, 7) is 2.21. The van der Waals surface area contributed by atoms with Gasteiger partial charge in [-0.1, -0.05) is 24.3 Å². The lowest BCUT2D eigenvalue weighted by Gasteiger charge is -2.14. The highest BCUT2D eigenvalue weighted by atomic mass is 16.5. The van der Waals surface area contributed by atoms with Gasteiger partial charge in [0.2, 0.25) is 0 Å². The molecule has 104 valence electrons. The van der Waals surface area contributed by atoms with E-state index < -0.39 is 18.0 Å². The molecule has 1 atom stereocenters. The van der Waals surface area contributed by atoms with Crippen LogP contribution in [0.25, 0.3) is 0 Å². The Bertz CT molecular complexity index is 448. The van der Waals surface area contributed by atoms with Gasteiger partial charge in [0, 0.05) is 13.7 Å². The van der Waals surface area contributed by atoms with Gasteiger partial charge in [-0.25, -0.2) is 9.59 Å². The van der Waals surface area contributed by atoms with Crippen LogP contribution in [-0.4, -0.2) is 36.9 Å².